The van der Waals surface area contributed by atoms with Crippen LogP contribution in [-0.4, -0.2) is 58.1 Å². The normalized spacial score (nSPS) is 16.9. The summed E-state index contributed by atoms with van der Waals surface area (Å²) >= 11 is 16.3. The van der Waals surface area contributed by atoms with Crippen molar-refractivity contribution in [1.29, 1.82) is 0 Å². The lowest BCUT2D eigenvalue weighted by molar-refractivity contribution is -0.138. The maximum atomic E-state index is 12.0. The first-order chi connectivity index (χ1) is 15.6. The van der Waals surface area contributed by atoms with Crippen LogP contribution in [0.25, 0.3) is 0 Å². The van der Waals surface area contributed by atoms with Crippen LogP contribution in [0.2, 0.25) is 15.6 Å². The minimum absolute atomic E-state index is 0.312. The van der Waals surface area contributed by atoms with Gasteiger partial charge in [0.05, 0.1) is 0 Å². The maximum Gasteiger partial charge on any atom is 0.420 e. The zero-order chi connectivity index (χ0) is 24.4. The molecule has 2 aromatic heterocycles. The van der Waals surface area contributed by atoms with Crippen molar-refractivity contribution in [2.75, 3.05) is 38.1 Å². The molecule has 0 bridgehead atoms. The van der Waals surface area contributed by atoms with Crippen molar-refractivity contribution >= 4 is 40.8 Å². The van der Waals surface area contributed by atoms with Crippen LogP contribution in [0.5, 0.6) is 0 Å². The summed E-state index contributed by atoms with van der Waals surface area (Å²) in [5.74, 6) is 0.778. The Morgan fingerprint density at radius 2 is 1.36 bits per heavy atom. The number of nitrogens with zero attached hydrogens (tertiary/aromatic N) is 6. The molecule has 0 radical (unpaired) electrons. The third kappa shape index (κ3) is 9.76. The second-order valence-corrected chi connectivity index (χ2v) is 8.95. The maximum absolute atomic E-state index is 12.0. The van der Waals surface area contributed by atoms with Gasteiger partial charge in [0.1, 0.15) is 15.9 Å². The van der Waals surface area contributed by atoms with Gasteiger partial charge in [-0.3, -0.25) is 0 Å². The summed E-state index contributed by atoms with van der Waals surface area (Å²) in [5, 5.41) is -0.434. The molecule has 4 heterocycles. The van der Waals surface area contributed by atoms with Gasteiger partial charge in [-0.2, -0.15) is 13.2 Å². The summed E-state index contributed by atoms with van der Waals surface area (Å²) in [6.07, 6.45) is 5.84. The van der Waals surface area contributed by atoms with Crippen LogP contribution in [0.15, 0.2) is 12.4 Å². The van der Waals surface area contributed by atoms with E-state index in [1.807, 2.05) is 6.92 Å². The molecule has 0 atom stereocenters. The fraction of sp³-hybridized carbons (Fsp3) is 0.619. The average molecular weight is 528 g/mol. The van der Waals surface area contributed by atoms with E-state index in [-0.39, 0.29) is 5.28 Å². The van der Waals surface area contributed by atoms with E-state index in [9.17, 15) is 13.2 Å². The van der Waals surface area contributed by atoms with Crippen LogP contribution in [0.4, 0.5) is 19.1 Å². The zero-order valence-corrected chi connectivity index (χ0v) is 20.9. The molecule has 0 amide bonds. The summed E-state index contributed by atoms with van der Waals surface area (Å²) in [6.45, 7) is 6.67. The van der Waals surface area contributed by atoms with E-state index in [0.29, 0.717) is 11.3 Å². The quantitative estimate of drug-likeness (QED) is 0.319. The Morgan fingerprint density at radius 3 is 1.82 bits per heavy atom. The van der Waals surface area contributed by atoms with Crippen molar-refractivity contribution < 1.29 is 13.2 Å². The highest BCUT2D eigenvalue weighted by molar-refractivity contribution is 6.32. The molecule has 33 heavy (non-hydrogen) atoms. The van der Waals surface area contributed by atoms with Gasteiger partial charge in [0, 0.05) is 31.0 Å². The molecule has 2 fully saturated rings. The van der Waals surface area contributed by atoms with Gasteiger partial charge in [0.25, 0.3) is 0 Å². The number of aromatic nitrogens is 4. The van der Waals surface area contributed by atoms with E-state index in [2.05, 4.69) is 36.8 Å². The highest BCUT2D eigenvalue weighted by Gasteiger charge is 2.34. The molecular formula is C21H28Cl3F3N6. The monoisotopic (exact) mass is 526 g/mol. The number of likely N-dealkylation sites (tertiary alicyclic amines) is 1. The molecule has 0 spiro atoms. The van der Waals surface area contributed by atoms with Crippen LogP contribution in [0.3, 0.4) is 0 Å². The van der Waals surface area contributed by atoms with E-state index in [0.717, 1.165) is 24.6 Å². The smallest absolute Gasteiger partial charge is 0.341 e. The third-order valence-corrected chi connectivity index (χ3v) is 5.99. The summed E-state index contributed by atoms with van der Waals surface area (Å²) in [4.78, 5) is 19.5. The number of halogens is 6. The first-order valence-corrected chi connectivity index (χ1v) is 11.9. The Labute approximate surface area is 207 Å². The van der Waals surface area contributed by atoms with E-state index < -0.39 is 16.9 Å². The van der Waals surface area contributed by atoms with Crippen molar-refractivity contribution in [3.8, 4) is 0 Å². The number of alkyl halides is 3. The van der Waals surface area contributed by atoms with E-state index >= 15 is 0 Å². The van der Waals surface area contributed by atoms with Gasteiger partial charge in [-0.1, -0.05) is 29.6 Å². The topological polar surface area (TPSA) is 58.0 Å². The molecule has 6 nitrogen and oxygen atoms in total. The van der Waals surface area contributed by atoms with Gasteiger partial charge >= 0.3 is 6.18 Å². The number of anilines is 1. The van der Waals surface area contributed by atoms with Crippen LogP contribution in [0.1, 0.15) is 49.7 Å². The van der Waals surface area contributed by atoms with Crippen LogP contribution in [-0.2, 0) is 6.18 Å². The van der Waals surface area contributed by atoms with E-state index in [1.54, 1.807) is 6.20 Å². The average Bonchev–Trinajstić information content (AvgIpc) is 2.77. The van der Waals surface area contributed by atoms with Gasteiger partial charge < -0.3 is 9.80 Å². The molecule has 2 aliphatic heterocycles. The Bertz CT molecular complexity index is 873. The lowest BCUT2D eigenvalue weighted by Crippen LogP contribution is -2.31. The highest BCUT2D eigenvalue weighted by Crippen LogP contribution is 2.33. The number of rotatable bonds is 1. The van der Waals surface area contributed by atoms with Crippen LogP contribution >= 0.6 is 34.8 Å². The molecule has 0 aromatic carbocycles. The predicted molar refractivity (Wildman–Crippen MR) is 126 cm³/mol. The van der Waals surface area contributed by atoms with Crippen molar-refractivity contribution in [3.05, 3.63) is 39.1 Å². The molecule has 0 N–H and O–H groups in total. The standard InChI is InChI=1S/C10H14ClN3.C6H13N.C5HCl2F3N2/c1-8-7-12-10(13-9(8)11)14-5-3-2-4-6-14;1-7-5-3-2-4-6-7;6-3-2(5(8,9)10)1-11-4(7)12-3/h7H,2-6H2,1H3;2-6H2,1H3;1H. The zero-order valence-electron chi connectivity index (χ0n) is 18.7. The fourth-order valence-corrected chi connectivity index (χ4v) is 3.78. The minimum atomic E-state index is -4.54. The highest BCUT2D eigenvalue weighted by atomic mass is 35.5. The van der Waals surface area contributed by atoms with Gasteiger partial charge in [-0.25, -0.2) is 19.9 Å². The molecule has 0 unspecified atom stereocenters. The number of hydrogen-bond donors (Lipinski definition) is 0. The molecular weight excluding hydrogens is 500 g/mol. The molecule has 0 aliphatic carbocycles. The number of aryl methyl sites for hydroxylation is 1. The summed E-state index contributed by atoms with van der Waals surface area (Å²) in [5.41, 5.74) is -0.152. The Balaban J connectivity index is 0.000000185. The van der Waals surface area contributed by atoms with Gasteiger partial charge in [-0.05, 0) is 70.8 Å². The first kappa shape index (κ1) is 27.8. The van der Waals surface area contributed by atoms with Gasteiger partial charge in [0.15, 0.2) is 0 Å². The molecule has 4 rings (SSSR count). The largest absolute Gasteiger partial charge is 0.420 e. The van der Waals surface area contributed by atoms with Crippen molar-refractivity contribution in [3.63, 3.8) is 0 Å². The molecule has 12 heteroatoms. The summed E-state index contributed by atoms with van der Waals surface area (Å²) < 4.78 is 35.9. The summed E-state index contributed by atoms with van der Waals surface area (Å²) in [6, 6.07) is 0. The second kappa shape index (κ2) is 13.5. The molecule has 2 aliphatic rings. The fourth-order valence-electron chi connectivity index (χ4n) is 3.24. The number of hydrogen-bond acceptors (Lipinski definition) is 6. The predicted octanol–water partition coefficient (Wildman–Crippen LogP) is 6.33. The minimum Gasteiger partial charge on any atom is -0.341 e. The molecule has 184 valence electrons. The van der Waals surface area contributed by atoms with Crippen molar-refractivity contribution in [2.24, 2.45) is 0 Å². The SMILES string of the molecule is CN1CCCCC1.Cc1cnc(N2CCCCC2)nc1Cl.FC(F)(F)c1cnc(Cl)nc1Cl. The molecule has 2 saturated heterocycles. The van der Waals surface area contributed by atoms with E-state index in [4.69, 9.17) is 34.8 Å². The number of piperidine rings is 2. The molecule has 0 saturated carbocycles. The Kier molecular flexibility index (Phi) is 11.4. The summed E-state index contributed by atoms with van der Waals surface area (Å²) in [7, 11) is 2.19. The van der Waals surface area contributed by atoms with Crippen LogP contribution < -0.4 is 4.90 Å². The third-order valence-electron chi connectivity index (χ3n) is 5.13. The van der Waals surface area contributed by atoms with Crippen molar-refractivity contribution in [1.82, 2.24) is 24.8 Å². The molecule has 2 aromatic rings. The van der Waals surface area contributed by atoms with Gasteiger partial charge in [0.2, 0.25) is 11.2 Å². The first-order valence-electron chi connectivity index (χ1n) is 10.8. The lowest BCUT2D eigenvalue weighted by Gasteiger charge is -2.26. The Morgan fingerprint density at radius 1 is 0.788 bits per heavy atom. The van der Waals surface area contributed by atoms with Gasteiger partial charge in [-0.15, -0.1) is 0 Å². The second-order valence-electron chi connectivity index (χ2n) is 7.90. The van der Waals surface area contributed by atoms with E-state index in [1.165, 1.54) is 51.6 Å². The lowest BCUT2D eigenvalue weighted by atomic mass is 10.1. The van der Waals surface area contributed by atoms with Crippen LogP contribution in [0, 0.1) is 6.92 Å². The Hall–Kier alpha value is -1.42. The van der Waals surface area contributed by atoms with Crippen molar-refractivity contribution in [2.45, 2.75) is 51.6 Å².